The van der Waals surface area contributed by atoms with Gasteiger partial charge in [-0.3, -0.25) is 14.4 Å². The van der Waals surface area contributed by atoms with Gasteiger partial charge in [-0.2, -0.15) is 0 Å². The van der Waals surface area contributed by atoms with Crippen molar-refractivity contribution in [3.8, 4) is 0 Å². The second-order valence-corrected chi connectivity index (χ2v) is 10.7. The number of carbonyl (C=O) groups excluding carboxylic acids is 4. The van der Waals surface area contributed by atoms with Crippen molar-refractivity contribution < 1.29 is 33.8 Å². The molecule has 11 heteroatoms. The van der Waals surface area contributed by atoms with Gasteiger partial charge in [-0.25, -0.2) is 4.79 Å². The van der Waals surface area contributed by atoms with E-state index in [4.69, 9.17) is 14.6 Å². The van der Waals surface area contributed by atoms with E-state index < -0.39 is 35.0 Å². The third-order valence-corrected chi connectivity index (χ3v) is 6.96. The number of hydrogen-bond acceptors (Lipinski definition) is 9. The van der Waals surface area contributed by atoms with Crippen LogP contribution in [0.3, 0.4) is 0 Å². The Balaban J connectivity index is 1.71. The number of nitrogens with one attached hydrogen (secondary N) is 1. The molecule has 0 saturated carbocycles. The van der Waals surface area contributed by atoms with Crippen LogP contribution in [-0.2, 0) is 35.1 Å². The van der Waals surface area contributed by atoms with Crippen molar-refractivity contribution in [1.82, 2.24) is 10.2 Å². The molecular weight excluding hydrogens is 468 g/mol. The lowest BCUT2D eigenvalue weighted by Gasteiger charge is -2.51. The molecule has 1 aromatic heterocycles. The summed E-state index contributed by atoms with van der Waals surface area (Å²) in [6.45, 7) is 4.88. The average Bonchev–Trinajstić information content (AvgIpc) is 3.25. The molecule has 2 N–H and O–H groups in total. The molecule has 2 amide bonds. The smallest absolute Gasteiger partial charge is 0.333 e. The van der Waals surface area contributed by atoms with Gasteiger partial charge >= 0.3 is 11.9 Å². The van der Waals surface area contributed by atoms with Crippen molar-refractivity contribution >= 4 is 46.9 Å². The maximum atomic E-state index is 13.0. The van der Waals surface area contributed by atoms with Crippen LogP contribution in [-0.4, -0.2) is 70.0 Å². The lowest BCUT2D eigenvalue weighted by Crippen LogP contribution is -2.74. The van der Waals surface area contributed by atoms with Gasteiger partial charge in [-0.15, -0.1) is 23.1 Å². The van der Waals surface area contributed by atoms with E-state index in [1.165, 1.54) is 28.0 Å². The number of esters is 2. The molecule has 0 spiro atoms. The number of carbonyl (C=O) groups is 4. The van der Waals surface area contributed by atoms with E-state index in [1.807, 2.05) is 17.5 Å². The number of thiophene rings is 1. The van der Waals surface area contributed by atoms with Gasteiger partial charge in [0.05, 0.1) is 6.42 Å². The second kappa shape index (κ2) is 10.7. The molecule has 1 aromatic rings. The second-order valence-electron chi connectivity index (χ2n) is 8.69. The number of aliphatic hydroxyl groups is 1. The van der Waals surface area contributed by atoms with Gasteiger partial charge in [0, 0.05) is 23.5 Å². The van der Waals surface area contributed by atoms with Gasteiger partial charge in [-0.1, -0.05) is 6.07 Å². The zero-order valence-corrected chi connectivity index (χ0v) is 20.4. The van der Waals surface area contributed by atoms with E-state index in [2.05, 4.69) is 5.32 Å². The molecule has 0 aromatic carbocycles. The SMILES string of the molecule is CC(C)(C)OC(=O)C1C(COC(=O)CCCO)=CS[C@@H]2C(NC(=O)Cc3cccs3)C(=O)N12. The highest BCUT2D eigenvalue weighted by Crippen LogP contribution is 2.40. The maximum absolute atomic E-state index is 13.0. The van der Waals surface area contributed by atoms with E-state index >= 15 is 0 Å². The Hall–Kier alpha value is -2.37. The molecular formula is C22H28N2O7S2. The molecule has 1 saturated heterocycles. The normalized spacial score (nSPS) is 22.1. The Bertz CT molecular complexity index is 924. The molecule has 3 heterocycles. The minimum absolute atomic E-state index is 0.0532. The highest BCUT2D eigenvalue weighted by molar-refractivity contribution is 8.02. The number of nitrogens with zero attached hydrogens (tertiary/aromatic N) is 1. The Kier molecular flexibility index (Phi) is 8.19. The molecule has 3 atom stereocenters. The zero-order valence-electron chi connectivity index (χ0n) is 18.7. The quantitative estimate of drug-likeness (QED) is 0.391. The fraction of sp³-hybridized carbons (Fsp3) is 0.545. The van der Waals surface area contributed by atoms with Crippen molar-refractivity contribution in [2.24, 2.45) is 0 Å². The van der Waals surface area contributed by atoms with Gasteiger partial charge in [0.2, 0.25) is 11.8 Å². The largest absolute Gasteiger partial charge is 0.461 e. The van der Waals surface area contributed by atoms with Crippen LogP contribution in [0.1, 0.15) is 38.5 Å². The Morgan fingerprint density at radius 2 is 2.03 bits per heavy atom. The van der Waals surface area contributed by atoms with E-state index in [0.29, 0.717) is 5.57 Å². The van der Waals surface area contributed by atoms with Crippen LogP contribution in [0.2, 0.25) is 0 Å². The third-order valence-electron chi connectivity index (χ3n) is 4.87. The molecule has 3 rings (SSSR count). The summed E-state index contributed by atoms with van der Waals surface area (Å²) in [4.78, 5) is 52.5. The Morgan fingerprint density at radius 1 is 1.27 bits per heavy atom. The van der Waals surface area contributed by atoms with Crippen LogP contribution in [0.25, 0.3) is 0 Å². The predicted octanol–water partition coefficient (Wildman–Crippen LogP) is 1.60. The molecule has 0 aliphatic carbocycles. The number of ether oxygens (including phenoxy) is 2. The summed E-state index contributed by atoms with van der Waals surface area (Å²) in [5, 5.41) is 14.7. The maximum Gasteiger partial charge on any atom is 0.333 e. The molecule has 9 nitrogen and oxygen atoms in total. The van der Waals surface area contributed by atoms with Crippen molar-refractivity contribution in [3.05, 3.63) is 33.4 Å². The zero-order chi connectivity index (χ0) is 24.2. The third kappa shape index (κ3) is 6.36. The molecule has 0 bridgehead atoms. The standard InChI is InChI=1S/C22H28N2O7S2/c1-22(2,3)31-21(29)18-13(11-30-16(27)7-4-8-25)12-33-20-17(19(28)24(18)20)23-15(26)10-14-6-5-9-32-14/h5-6,9,12,17-18,20,25H,4,7-8,10-11H2,1-3H3,(H,23,26)/t17?,18?,20-/m1/s1. The van der Waals surface area contributed by atoms with E-state index in [-0.39, 0.29) is 44.3 Å². The van der Waals surface area contributed by atoms with Crippen molar-refractivity contribution in [1.29, 1.82) is 0 Å². The van der Waals surface area contributed by atoms with Crippen LogP contribution >= 0.6 is 23.1 Å². The number of thioether (sulfide) groups is 1. The summed E-state index contributed by atoms with van der Waals surface area (Å²) in [5.41, 5.74) is -0.345. The van der Waals surface area contributed by atoms with Gasteiger partial charge in [0.25, 0.3) is 0 Å². The topological polar surface area (TPSA) is 122 Å². The predicted molar refractivity (Wildman–Crippen MR) is 123 cm³/mol. The number of β-lactam (4-membered cyclic amide) rings is 1. The summed E-state index contributed by atoms with van der Waals surface area (Å²) in [6.07, 6.45) is 0.512. The van der Waals surface area contributed by atoms with Crippen molar-refractivity contribution in [2.45, 2.75) is 63.1 Å². The van der Waals surface area contributed by atoms with Gasteiger partial charge in [0.15, 0.2) is 6.04 Å². The van der Waals surface area contributed by atoms with Gasteiger partial charge in [-0.05, 0) is 44.0 Å². The van der Waals surface area contributed by atoms with Crippen molar-refractivity contribution in [3.63, 3.8) is 0 Å². The highest BCUT2D eigenvalue weighted by Gasteiger charge is 2.56. The van der Waals surface area contributed by atoms with Crippen LogP contribution < -0.4 is 5.32 Å². The Labute approximate surface area is 200 Å². The first-order valence-corrected chi connectivity index (χ1v) is 12.4. The molecule has 0 radical (unpaired) electrons. The molecule has 2 aliphatic rings. The molecule has 33 heavy (non-hydrogen) atoms. The first kappa shape index (κ1) is 25.3. The Morgan fingerprint density at radius 3 is 2.67 bits per heavy atom. The highest BCUT2D eigenvalue weighted by atomic mass is 32.2. The monoisotopic (exact) mass is 496 g/mol. The van der Waals surface area contributed by atoms with Crippen LogP contribution in [0, 0.1) is 0 Å². The molecule has 2 unspecified atom stereocenters. The summed E-state index contributed by atoms with van der Waals surface area (Å²) < 4.78 is 10.8. The molecule has 180 valence electrons. The minimum atomic E-state index is -1.04. The van der Waals surface area contributed by atoms with Gasteiger partial charge in [0.1, 0.15) is 23.6 Å². The van der Waals surface area contributed by atoms with E-state index in [1.54, 1.807) is 26.2 Å². The van der Waals surface area contributed by atoms with E-state index in [0.717, 1.165) is 4.88 Å². The molecule has 2 aliphatic heterocycles. The fourth-order valence-electron chi connectivity index (χ4n) is 3.43. The summed E-state index contributed by atoms with van der Waals surface area (Å²) in [5.74, 6) is -1.78. The summed E-state index contributed by atoms with van der Waals surface area (Å²) in [7, 11) is 0. The van der Waals surface area contributed by atoms with Crippen molar-refractivity contribution in [2.75, 3.05) is 13.2 Å². The first-order valence-electron chi connectivity index (χ1n) is 10.6. The lowest BCUT2D eigenvalue weighted by molar-refractivity contribution is -0.170. The molecule has 1 fully saturated rings. The van der Waals surface area contributed by atoms with Crippen LogP contribution in [0.4, 0.5) is 0 Å². The number of aliphatic hydroxyl groups excluding tert-OH is 1. The first-order chi connectivity index (χ1) is 15.6. The number of hydrogen-bond donors (Lipinski definition) is 2. The number of rotatable bonds is 9. The fourth-order valence-corrected chi connectivity index (χ4v) is 5.34. The summed E-state index contributed by atoms with van der Waals surface area (Å²) >= 11 is 2.75. The van der Waals surface area contributed by atoms with Gasteiger partial charge < -0.3 is 24.8 Å². The number of fused-ring (bicyclic) bond motifs is 1. The summed E-state index contributed by atoms with van der Waals surface area (Å²) in [6, 6.07) is 1.91. The lowest BCUT2D eigenvalue weighted by atomic mass is 9.97. The minimum Gasteiger partial charge on any atom is -0.461 e. The average molecular weight is 497 g/mol. The number of amides is 2. The van der Waals surface area contributed by atoms with Crippen LogP contribution in [0.5, 0.6) is 0 Å². The van der Waals surface area contributed by atoms with E-state index in [9.17, 15) is 19.2 Å². The van der Waals surface area contributed by atoms with Crippen LogP contribution in [0.15, 0.2) is 28.5 Å².